The molecule has 6 heteroatoms. The van der Waals surface area contributed by atoms with Crippen molar-refractivity contribution in [3.63, 3.8) is 0 Å². The molecule has 1 aliphatic rings. The van der Waals surface area contributed by atoms with Crippen LogP contribution in [0.1, 0.15) is 50.9 Å². The van der Waals surface area contributed by atoms with Crippen LogP contribution in [-0.2, 0) is 0 Å². The van der Waals surface area contributed by atoms with E-state index in [0.717, 1.165) is 12.8 Å². The topological polar surface area (TPSA) is 68.8 Å². The van der Waals surface area contributed by atoms with Gasteiger partial charge in [0.15, 0.2) is 11.5 Å². The van der Waals surface area contributed by atoms with E-state index in [1.54, 1.807) is 19.2 Å². The van der Waals surface area contributed by atoms with Crippen LogP contribution in [0.4, 0.5) is 0 Å². The van der Waals surface area contributed by atoms with Gasteiger partial charge in [-0.15, -0.1) is 0 Å². The highest BCUT2D eigenvalue weighted by Crippen LogP contribution is 2.38. The summed E-state index contributed by atoms with van der Waals surface area (Å²) in [5.41, 5.74) is 0.424. The molecule has 6 nitrogen and oxygen atoms in total. The lowest BCUT2D eigenvalue weighted by molar-refractivity contribution is 0.0872. The molecule has 0 saturated carbocycles. The summed E-state index contributed by atoms with van der Waals surface area (Å²) in [5, 5.41) is 6.77. The van der Waals surface area contributed by atoms with Crippen LogP contribution in [0.5, 0.6) is 17.2 Å². The number of rotatable bonds is 5. The van der Waals surface area contributed by atoms with Crippen LogP contribution in [0.3, 0.4) is 0 Å². The highest BCUT2D eigenvalue weighted by Gasteiger charge is 2.38. The first-order valence-electron chi connectivity index (χ1n) is 8.51. The third-order valence-corrected chi connectivity index (χ3v) is 4.45. The van der Waals surface area contributed by atoms with E-state index in [4.69, 9.17) is 14.2 Å². The Morgan fingerprint density at radius 2 is 1.48 bits per heavy atom. The van der Waals surface area contributed by atoms with E-state index in [-0.39, 0.29) is 23.0 Å². The lowest BCUT2D eigenvalue weighted by Gasteiger charge is -2.46. The van der Waals surface area contributed by atoms with E-state index in [0.29, 0.717) is 22.8 Å². The fraction of sp³-hybridized carbons (Fsp3) is 0.632. The number of hydrogen-bond acceptors (Lipinski definition) is 5. The van der Waals surface area contributed by atoms with Gasteiger partial charge in [0.1, 0.15) is 0 Å². The Bertz CT molecular complexity index is 599. The molecule has 1 amide bonds. The predicted octanol–water partition coefficient (Wildman–Crippen LogP) is 2.75. The molecule has 0 radical (unpaired) electrons. The molecule has 1 fully saturated rings. The zero-order chi connectivity index (χ0) is 18.8. The van der Waals surface area contributed by atoms with Gasteiger partial charge in [0.25, 0.3) is 5.91 Å². The van der Waals surface area contributed by atoms with Gasteiger partial charge in [0, 0.05) is 22.7 Å². The van der Waals surface area contributed by atoms with Crippen LogP contribution in [0, 0.1) is 0 Å². The number of amides is 1. The summed E-state index contributed by atoms with van der Waals surface area (Å²) in [4.78, 5) is 12.8. The van der Waals surface area contributed by atoms with Crippen LogP contribution < -0.4 is 24.8 Å². The lowest BCUT2D eigenvalue weighted by Crippen LogP contribution is -2.62. The van der Waals surface area contributed by atoms with Crippen molar-refractivity contribution in [2.45, 2.75) is 57.7 Å². The van der Waals surface area contributed by atoms with Crippen LogP contribution in [-0.4, -0.2) is 44.4 Å². The van der Waals surface area contributed by atoms with Crippen molar-refractivity contribution in [1.29, 1.82) is 0 Å². The predicted molar refractivity (Wildman–Crippen MR) is 97.9 cm³/mol. The first kappa shape index (κ1) is 19.4. The molecule has 0 atom stereocenters. The number of carbonyl (C=O) groups is 1. The van der Waals surface area contributed by atoms with Crippen molar-refractivity contribution in [3.8, 4) is 17.2 Å². The van der Waals surface area contributed by atoms with Gasteiger partial charge in [-0.25, -0.2) is 0 Å². The number of ether oxygens (including phenoxy) is 3. The molecule has 2 rings (SSSR count). The molecule has 140 valence electrons. The molecule has 0 bridgehead atoms. The van der Waals surface area contributed by atoms with Gasteiger partial charge in [0.05, 0.1) is 21.3 Å². The molecular formula is C19H30N2O4. The van der Waals surface area contributed by atoms with E-state index in [1.807, 2.05) is 0 Å². The number of benzene rings is 1. The first-order valence-corrected chi connectivity index (χ1v) is 8.51. The zero-order valence-corrected chi connectivity index (χ0v) is 16.3. The van der Waals surface area contributed by atoms with Gasteiger partial charge in [-0.05, 0) is 52.7 Å². The summed E-state index contributed by atoms with van der Waals surface area (Å²) in [6, 6.07) is 3.44. The van der Waals surface area contributed by atoms with Crippen LogP contribution >= 0.6 is 0 Å². The zero-order valence-electron chi connectivity index (χ0n) is 16.3. The standard InChI is InChI=1S/C19H30N2O4/c1-18(2)10-13(11-19(3,4)21-18)20-17(22)12-8-14(23-5)16(25-7)15(9-12)24-6/h8-9,13,21H,10-11H2,1-7H3,(H,20,22). The first-order chi connectivity index (χ1) is 11.6. The van der Waals surface area contributed by atoms with E-state index in [2.05, 4.69) is 38.3 Å². The maximum absolute atomic E-state index is 12.8. The SMILES string of the molecule is COc1cc(C(=O)NC2CC(C)(C)NC(C)(C)C2)cc(OC)c1OC. The van der Waals surface area contributed by atoms with Crippen molar-refractivity contribution < 1.29 is 19.0 Å². The Kier molecular flexibility index (Phi) is 5.52. The van der Waals surface area contributed by atoms with Gasteiger partial charge in [-0.1, -0.05) is 0 Å². The Balaban J connectivity index is 2.23. The van der Waals surface area contributed by atoms with E-state index >= 15 is 0 Å². The molecule has 0 aliphatic carbocycles. The van der Waals surface area contributed by atoms with Crippen LogP contribution in [0.15, 0.2) is 12.1 Å². The molecule has 25 heavy (non-hydrogen) atoms. The maximum atomic E-state index is 12.8. The minimum absolute atomic E-state index is 0.0328. The number of hydrogen-bond donors (Lipinski definition) is 2. The Morgan fingerprint density at radius 1 is 1.00 bits per heavy atom. The lowest BCUT2D eigenvalue weighted by atomic mass is 9.79. The fourth-order valence-corrected chi connectivity index (χ4v) is 3.91. The van der Waals surface area contributed by atoms with Crippen molar-refractivity contribution in [1.82, 2.24) is 10.6 Å². The Labute approximate surface area is 150 Å². The van der Waals surface area contributed by atoms with Crippen LogP contribution in [0.25, 0.3) is 0 Å². The summed E-state index contributed by atoms with van der Waals surface area (Å²) in [6.45, 7) is 8.64. The third kappa shape index (κ3) is 4.57. The summed E-state index contributed by atoms with van der Waals surface area (Å²) in [6.07, 6.45) is 1.74. The molecule has 2 N–H and O–H groups in total. The highest BCUT2D eigenvalue weighted by molar-refractivity contribution is 5.95. The molecule has 0 spiro atoms. The van der Waals surface area contributed by atoms with E-state index < -0.39 is 0 Å². The number of piperidine rings is 1. The van der Waals surface area contributed by atoms with E-state index in [9.17, 15) is 4.79 Å². The minimum atomic E-state index is -0.141. The summed E-state index contributed by atoms with van der Waals surface area (Å²) >= 11 is 0. The largest absolute Gasteiger partial charge is 0.493 e. The van der Waals surface area contributed by atoms with Crippen LogP contribution in [0.2, 0.25) is 0 Å². The van der Waals surface area contributed by atoms with Crippen molar-refractivity contribution in [2.24, 2.45) is 0 Å². The molecule has 1 saturated heterocycles. The van der Waals surface area contributed by atoms with Gasteiger partial charge in [-0.3, -0.25) is 4.79 Å². The maximum Gasteiger partial charge on any atom is 0.251 e. The van der Waals surface area contributed by atoms with Crippen molar-refractivity contribution in [2.75, 3.05) is 21.3 Å². The third-order valence-electron chi connectivity index (χ3n) is 4.45. The second kappa shape index (κ2) is 7.12. The van der Waals surface area contributed by atoms with Gasteiger partial charge < -0.3 is 24.8 Å². The average Bonchev–Trinajstić information content (AvgIpc) is 2.50. The van der Waals surface area contributed by atoms with Gasteiger partial charge >= 0.3 is 0 Å². The molecule has 0 aromatic heterocycles. The van der Waals surface area contributed by atoms with Crippen molar-refractivity contribution in [3.05, 3.63) is 17.7 Å². The molecular weight excluding hydrogens is 320 g/mol. The molecule has 1 aromatic carbocycles. The van der Waals surface area contributed by atoms with Crippen molar-refractivity contribution >= 4 is 5.91 Å². The monoisotopic (exact) mass is 350 g/mol. The molecule has 1 aliphatic heterocycles. The number of nitrogens with one attached hydrogen (secondary N) is 2. The Hall–Kier alpha value is -1.95. The minimum Gasteiger partial charge on any atom is -0.493 e. The summed E-state index contributed by atoms with van der Waals surface area (Å²) in [5.74, 6) is 1.28. The fourth-order valence-electron chi connectivity index (χ4n) is 3.91. The Morgan fingerprint density at radius 3 is 1.88 bits per heavy atom. The summed E-state index contributed by atoms with van der Waals surface area (Å²) < 4.78 is 16.0. The van der Waals surface area contributed by atoms with Gasteiger partial charge in [-0.2, -0.15) is 0 Å². The average molecular weight is 350 g/mol. The quantitative estimate of drug-likeness (QED) is 0.855. The second-order valence-corrected chi connectivity index (χ2v) is 7.89. The van der Waals surface area contributed by atoms with Gasteiger partial charge in [0.2, 0.25) is 5.75 Å². The summed E-state index contributed by atoms with van der Waals surface area (Å²) in [7, 11) is 4.62. The molecule has 1 aromatic rings. The molecule has 0 unspecified atom stereocenters. The normalized spacial score (nSPS) is 19.2. The smallest absolute Gasteiger partial charge is 0.251 e. The number of methoxy groups -OCH3 is 3. The molecule has 1 heterocycles. The number of carbonyl (C=O) groups excluding carboxylic acids is 1. The second-order valence-electron chi connectivity index (χ2n) is 7.89. The highest BCUT2D eigenvalue weighted by atomic mass is 16.5. The van der Waals surface area contributed by atoms with E-state index in [1.165, 1.54) is 14.2 Å².